The summed E-state index contributed by atoms with van der Waals surface area (Å²) in [5.41, 5.74) is 2.78. The van der Waals surface area contributed by atoms with Crippen molar-refractivity contribution in [3.8, 4) is 33.0 Å². The zero-order chi connectivity index (χ0) is 14.7. The molecular weight excluding hydrogens is 280 g/mol. The Balaban J connectivity index is 1.92. The van der Waals surface area contributed by atoms with E-state index >= 15 is 0 Å². The summed E-state index contributed by atoms with van der Waals surface area (Å²) in [6.07, 6.45) is 3.40. The molecule has 0 radical (unpaired) electrons. The number of pyridine rings is 2. The van der Waals surface area contributed by atoms with Crippen LogP contribution in [0, 0.1) is 22.7 Å². The molecule has 98 valence electrons. The molecule has 0 unspecified atom stereocenters. The number of rotatable bonds is 2. The van der Waals surface area contributed by atoms with Gasteiger partial charge in [-0.1, -0.05) is 0 Å². The lowest BCUT2D eigenvalue weighted by Gasteiger charge is -1.97. The standard InChI is InChI=1S/C16H8N4S/c17-7-13-3-1-11(9-19-13)15-5-6-16(21-15)12-2-4-14(8-18)20-10-12/h1-6,9-10H. The van der Waals surface area contributed by atoms with Crippen LogP contribution in [-0.4, -0.2) is 9.97 Å². The Morgan fingerprint density at radius 3 is 1.52 bits per heavy atom. The molecule has 0 saturated heterocycles. The molecule has 0 fully saturated rings. The van der Waals surface area contributed by atoms with Crippen LogP contribution in [0.1, 0.15) is 11.4 Å². The fraction of sp³-hybridized carbons (Fsp3) is 0. The average Bonchev–Trinajstić information content (AvgIpc) is 3.05. The molecule has 0 bridgehead atoms. The summed E-state index contributed by atoms with van der Waals surface area (Å²) in [6, 6.07) is 15.2. The molecule has 3 heterocycles. The second-order valence-electron chi connectivity index (χ2n) is 4.25. The number of thiophene rings is 1. The number of hydrogen-bond donors (Lipinski definition) is 0. The summed E-state index contributed by atoms with van der Waals surface area (Å²) in [7, 11) is 0. The van der Waals surface area contributed by atoms with Gasteiger partial charge in [-0.2, -0.15) is 10.5 Å². The van der Waals surface area contributed by atoms with Crippen LogP contribution in [0.25, 0.3) is 20.9 Å². The maximum atomic E-state index is 8.75. The van der Waals surface area contributed by atoms with Crippen LogP contribution >= 0.6 is 11.3 Å². The summed E-state index contributed by atoms with van der Waals surface area (Å²) in [5.74, 6) is 0. The highest BCUT2D eigenvalue weighted by molar-refractivity contribution is 7.18. The number of aromatic nitrogens is 2. The smallest absolute Gasteiger partial charge is 0.140 e. The molecule has 0 atom stereocenters. The molecule has 0 aliphatic carbocycles. The van der Waals surface area contributed by atoms with Crippen LogP contribution in [-0.2, 0) is 0 Å². The van der Waals surface area contributed by atoms with E-state index in [0.717, 1.165) is 20.9 Å². The summed E-state index contributed by atoms with van der Waals surface area (Å²) in [4.78, 5) is 10.3. The summed E-state index contributed by atoms with van der Waals surface area (Å²) < 4.78 is 0. The van der Waals surface area contributed by atoms with Crippen molar-refractivity contribution in [3.05, 3.63) is 60.2 Å². The monoisotopic (exact) mass is 288 g/mol. The Hall–Kier alpha value is -3.02. The van der Waals surface area contributed by atoms with E-state index in [1.807, 2.05) is 36.4 Å². The lowest BCUT2D eigenvalue weighted by molar-refractivity contribution is 1.27. The van der Waals surface area contributed by atoms with E-state index in [0.29, 0.717) is 11.4 Å². The Morgan fingerprint density at radius 1 is 0.714 bits per heavy atom. The zero-order valence-corrected chi connectivity index (χ0v) is 11.6. The minimum Gasteiger partial charge on any atom is -0.245 e. The normalized spacial score (nSPS) is 9.81. The zero-order valence-electron chi connectivity index (χ0n) is 10.8. The molecule has 0 aliphatic heterocycles. The maximum absolute atomic E-state index is 8.75. The molecule has 0 aliphatic rings. The van der Waals surface area contributed by atoms with Crippen molar-refractivity contribution in [1.29, 1.82) is 10.5 Å². The molecule has 0 saturated carbocycles. The second-order valence-corrected chi connectivity index (χ2v) is 5.34. The van der Waals surface area contributed by atoms with Crippen LogP contribution in [0.4, 0.5) is 0 Å². The van der Waals surface area contributed by atoms with E-state index in [9.17, 15) is 0 Å². The number of nitriles is 2. The summed E-state index contributed by atoms with van der Waals surface area (Å²) in [6.45, 7) is 0. The molecule has 3 rings (SSSR count). The number of nitrogens with zero attached hydrogens (tertiary/aromatic N) is 4. The number of hydrogen-bond acceptors (Lipinski definition) is 5. The molecule has 0 aromatic carbocycles. The quantitative estimate of drug-likeness (QED) is 0.722. The molecule has 0 N–H and O–H groups in total. The molecule has 0 amide bonds. The molecule has 4 nitrogen and oxygen atoms in total. The van der Waals surface area contributed by atoms with Gasteiger partial charge in [-0.15, -0.1) is 11.3 Å². The first-order chi connectivity index (χ1) is 10.3. The molecule has 21 heavy (non-hydrogen) atoms. The predicted molar refractivity (Wildman–Crippen MR) is 80.2 cm³/mol. The molecule has 3 aromatic rings. The minimum atomic E-state index is 0.409. The highest BCUT2D eigenvalue weighted by Crippen LogP contribution is 2.33. The molecule has 5 heteroatoms. The lowest BCUT2D eigenvalue weighted by atomic mass is 10.2. The van der Waals surface area contributed by atoms with E-state index in [4.69, 9.17) is 10.5 Å². The van der Waals surface area contributed by atoms with Gasteiger partial charge in [0.25, 0.3) is 0 Å². The summed E-state index contributed by atoms with van der Waals surface area (Å²) in [5, 5.41) is 17.5. The maximum Gasteiger partial charge on any atom is 0.140 e. The van der Waals surface area contributed by atoms with E-state index in [2.05, 4.69) is 9.97 Å². The third-order valence-corrected chi connectivity index (χ3v) is 4.11. The molecular formula is C16H8N4S. The van der Waals surface area contributed by atoms with Crippen molar-refractivity contribution < 1.29 is 0 Å². The van der Waals surface area contributed by atoms with Crippen LogP contribution in [0.15, 0.2) is 48.8 Å². The van der Waals surface area contributed by atoms with Gasteiger partial charge in [0.1, 0.15) is 23.5 Å². The van der Waals surface area contributed by atoms with E-state index < -0.39 is 0 Å². The van der Waals surface area contributed by atoms with Crippen LogP contribution in [0.2, 0.25) is 0 Å². The first kappa shape index (κ1) is 13.0. The topological polar surface area (TPSA) is 73.4 Å². The van der Waals surface area contributed by atoms with Gasteiger partial charge in [0, 0.05) is 33.3 Å². The SMILES string of the molecule is N#Cc1ccc(-c2ccc(-c3ccc(C#N)nc3)s2)cn1. The Kier molecular flexibility index (Phi) is 3.42. The van der Waals surface area contributed by atoms with Gasteiger partial charge < -0.3 is 0 Å². The fourth-order valence-corrected chi connectivity index (χ4v) is 2.85. The Labute approximate surface area is 125 Å². The van der Waals surface area contributed by atoms with E-state index in [1.165, 1.54) is 0 Å². The predicted octanol–water partition coefficient (Wildman–Crippen LogP) is 3.62. The van der Waals surface area contributed by atoms with Gasteiger partial charge in [0.15, 0.2) is 0 Å². The summed E-state index contributed by atoms with van der Waals surface area (Å²) >= 11 is 1.62. The highest BCUT2D eigenvalue weighted by Gasteiger charge is 2.06. The van der Waals surface area contributed by atoms with Crippen molar-refractivity contribution >= 4 is 11.3 Å². The lowest BCUT2D eigenvalue weighted by Crippen LogP contribution is -1.81. The van der Waals surface area contributed by atoms with Crippen molar-refractivity contribution in [2.45, 2.75) is 0 Å². The second kappa shape index (κ2) is 5.54. The largest absolute Gasteiger partial charge is 0.245 e. The average molecular weight is 288 g/mol. The van der Waals surface area contributed by atoms with E-state index in [-0.39, 0.29) is 0 Å². The Bertz CT molecular complexity index is 777. The third-order valence-electron chi connectivity index (χ3n) is 2.93. The third kappa shape index (κ3) is 2.64. The van der Waals surface area contributed by atoms with Crippen molar-refractivity contribution in [3.63, 3.8) is 0 Å². The fourth-order valence-electron chi connectivity index (χ4n) is 1.86. The first-order valence-corrected chi connectivity index (χ1v) is 6.94. The van der Waals surface area contributed by atoms with Gasteiger partial charge in [-0.25, -0.2) is 9.97 Å². The van der Waals surface area contributed by atoms with Crippen molar-refractivity contribution in [2.24, 2.45) is 0 Å². The van der Waals surface area contributed by atoms with Gasteiger partial charge in [0.05, 0.1) is 0 Å². The Morgan fingerprint density at radius 2 is 1.19 bits per heavy atom. The van der Waals surface area contributed by atoms with Crippen LogP contribution in [0.3, 0.4) is 0 Å². The van der Waals surface area contributed by atoms with Crippen LogP contribution in [0.5, 0.6) is 0 Å². The van der Waals surface area contributed by atoms with Gasteiger partial charge in [-0.3, -0.25) is 0 Å². The van der Waals surface area contributed by atoms with Crippen LogP contribution < -0.4 is 0 Å². The van der Waals surface area contributed by atoms with Crippen molar-refractivity contribution in [1.82, 2.24) is 9.97 Å². The molecule has 3 aromatic heterocycles. The van der Waals surface area contributed by atoms with Crippen molar-refractivity contribution in [2.75, 3.05) is 0 Å². The van der Waals surface area contributed by atoms with Gasteiger partial charge >= 0.3 is 0 Å². The first-order valence-electron chi connectivity index (χ1n) is 6.13. The highest BCUT2D eigenvalue weighted by atomic mass is 32.1. The molecule has 0 spiro atoms. The van der Waals surface area contributed by atoms with E-state index in [1.54, 1.807) is 35.9 Å². The minimum absolute atomic E-state index is 0.409. The van der Waals surface area contributed by atoms with Gasteiger partial charge in [0.2, 0.25) is 0 Å². The van der Waals surface area contributed by atoms with Gasteiger partial charge in [-0.05, 0) is 36.4 Å².